The normalized spacial score (nSPS) is 10.9. The van der Waals surface area contributed by atoms with Gasteiger partial charge in [-0.2, -0.15) is 13.2 Å². The molecule has 9 heteroatoms. The summed E-state index contributed by atoms with van der Waals surface area (Å²) in [7, 11) is 1.51. The van der Waals surface area contributed by atoms with Gasteiger partial charge >= 0.3 is 6.18 Å². The van der Waals surface area contributed by atoms with Crippen LogP contribution in [0.2, 0.25) is 0 Å². The summed E-state index contributed by atoms with van der Waals surface area (Å²) in [5.41, 5.74) is 0.874. The predicted molar refractivity (Wildman–Crippen MR) is 121 cm³/mol. The number of halogens is 3. The number of benzene rings is 3. The van der Waals surface area contributed by atoms with Crippen LogP contribution < -0.4 is 20.7 Å². The molecular weight excluding hydrogens is 435 g/mol. The number of carbonyl (C=O) groups excluding carboxylic acids is 2. The summed E-state index contributed by atoms with van der Waals surface area (Å²) in [5, 5.41) is 8.07. The second-order valence-electron chi connectivity index (χ2n) is 7.16. The third-order valence-corrected chi connectivity index (χ3v) is 4.78. The Kier molecular flexibility index (Phi) is 7.22. The van der Waals surface area contributed by atoms with Crippen molar-refractivity contribution in [3.63, 3.8) is 0 Å². The summed E-state index contributed by atoms with van der Waals surface area (Å²) in [6, 6.07) is 17.0. The van der Waals surface area contributed by atoms with Crippen LogP contribution in [0.1, 0.15) is 21.5 Å². The maximum atomic E-state index is 13.0. The van der Waals surface area contributed by atoms with E-state index in [1.165, 1.54) is 26.2 Å². The van der Waals surface area contributed by atoms with Gasteiger partial charge in [-0.1, -0.05) is 18.2 Å². The van der Waals surface area contributed by atoms with Gasteiger partial charge in [0.05, 0.1) is 24.9 Å². The molecule has 0 aliphatic carbocycles. The molecule has 3 aromatic carbocycles. The topological polar surface area (TPSA) is 79.5 Å². The van der Waals surface area contributed by atoms with Gasteiger partial charge in [-0.3, -0.25) is 9.59 Å². The summed E-state index contributed by atoms with van der Waals surface area (Å²) < 4.78 is 44.3. The second kappa shape index (κ2) is 10.1. The molecule has 0 aliphatic heterocycles. The Morgan fingerprint density at radius 3 is 2.24 bits per heavy atom. The van der Waals surface area contributed by atoms with Crippen molar-refractivity contribution in [2.75, 3.05) is 29.6 Å². The van der Waals surface area contributed by atoms with E-state index in [-0.39, 0.29) is 23.7 Å². The maximum absolute atomic E-state index is 13.0. The van der Waals surface area contributed by atoms with Crippen LogP contribution in [0, 0.1) is 6.92 Å². The van der Waals surface area contributed by atoms with Crippen LogP contribution >= 0.6 is 0 Å². The highest BCUT2D eigenvalue weighted by atomic mass is 19.4. The van der Waals surface area contributed by atoms with Crippen molar-refractivity contribution < 1.29 is 27.5 Å². The molecule has 0 heterocycles. The second-order valence-corrected chi connectivity index (χ2v) is 7.16. The first-order valence-corrected chi connectivity index (χ1v) is 9.93. The summed E-state index contributed by atoms with van der Waals surface area (Å²) in [6.45, 7) is 1.15. The van der Waals surface area contributed by atoms with Crippen LogP contribution in [0.3, 0.4) is 0 Å². The molecule has 6 nitrogen and oxygen atoms in total. The molecule has 172 valence electrons. The van der Waals surface area contributed by atoms with Crippen molar-refractivity contribution in [2.24, 2.45) is 0 Å². The highest BCUT2D eigenvalue weighted by Crippen LogP contribution is 2.33. The third-order valence-electron chi connectivity index (χ3n) is 4.78. The zero-order chi connectivity index (χ0) is 24.0. The van der Waals surface area contributed by atoms with Crippen LogP contribution in [-0.2, 0) is 11.0 Å². The molecule has 0 saturated carbocycles. The number of amides is 2. The van der Waals surface area contributed by atoms with Gasteiger partial charge < -0.3 is 20.7 Å². The molecule has 0 saturated heterocycles. The monoisotopic (exact) mass is 457 g/mol. The number of rotatable bonds is 7. The Labute approximate surface area is 188 Å². The first-order valence-electron chi connectivity index (χ1n) is 9.93. The van der Waals surface area contributed by atoms with Crippen LogP contribution in [0.25, 0.3) is 0 Å². The highest BCUT2D eigenvalue weighted by molar-refractivity contribution is 6.05. The molecule has 0 atom stereocenters. The Morgan fingerprint density at radius 1 is 0.909 bits per heavy atom. The summed E-state index contributed by atoms with van der Waals surface area (Å²) in [5.74, 6) is -0.271. The first-order chi connectivity index (χ1) is 15.7. The highest BCUT2D eigenvalue weighted by Gasteiger charge is 2.32. The number of alkyl halides is 3. The van der Waals surface area contributed by atoms with E-state index in [1.807, 2.05) is 0 Å². The van der Waals surface area contributed by atoms with Crippen molar-refractivity contribution in [1.29, 1.82) is 0 Å². The molecule has 0 aliphatic rings. The zero-order valence-corrected chi connectivity index (χ0v) is 17.9. The molecule has 0 fully saturated rings. The zero-order valence-electron chi connectivity index (χ0n) is 17.9. The number of hydrogen-bond donors (Lipinski definition) is 3. The van der Waals surface area contributed by atoms with E-state index in [4.69, 9.17) is 4.74 Å². The Balaban J connectivity index is 1.56. The number of nitrogens with one attached hydrogen (secondary N) is 3. The number of methoxy groups -OCH3 is 1. The lowest BCUT2D eigenvalue weighted by atomic mass is 10.1. The molecule has 33 heavy (non-hydrogen) atoms. The average molecular weight is 457 g/mol. The number of carbonyl (C=O) groups is 2. The van der Waals surface area contributed by atoms with Gasteiger partial charge in [0.1, 0.15) is 5.75 Å². The Hall–Kier alpha value is -4.01. The van der Waals surface area contributed by atoms with Gasteiger partial charge in [0.25, 0.3) is 5.91 Å². The smallest absolute Gasteiger partial charge is 0.416 e. The van der Waals surface area contributed by atoms with Crippen molar-refractivity contribution in [3.05, 3.63) is 83.4 Å². The number of hydrogen-bond acceptors (Lipinski definition) is 4. The quantitative estimate of drug-likeness (QED) is 0.448. The van der Waals surface area contributed by atoms with Gasteiger partial charge in [-0.25, -0.2) is 0 Å². The van der Waals surface area contributed by atoms with E-state index >= 15 is 0 Å². The van der Waals surface area contributed by atoms with Crippen LogP contribution in [0.4, 0.5) is 30.2 Å². The Bertz CT molecular complexity index is 1150. The largest absolute Gasteiger partial charge is 0.495 e. The SMILES string of the molecule is COc1ccccc1NC(=O)c1ccc(NC(=O)CNc2ccc(C)c(C(F)(F)F)c2)cc1. The first kappa shape index (κ1) is 23.6. The van der Waals surface area contributed by atoms with Crippen molar-refractivity contribution in [1.82, 2.24) is 0 Å². The van der Waals surface area contributed by atoms with Gasteiger partial charge in [0.15, 0.2) is 0 Å². The molecule has 0 spiro atoms. The Morgan fingerprint density at radius 2 is 1.58 bits per heavy atom. The molecule has 0 unspecified atom stereocenters. The fourth-order valence-electron chi connectivity index (χ4n) is 3.07. The van der Waals surface area contributed by atoms with E-state index in [9.17, 15) is 22.8 Å². The van der Waals surface area contributed by atoms with E-state index in [2.05, 4.69) is 16.0 Å². The van der Waals surface area contributed by atoms with Crippen LogP contribution in [-0.4, -0.2) is 25.5 Å². The number of anilines is 3. The number of ether oxygens (including phenoxy) is 1. The van der Waals surface area contributed by atoms with E-state index in [1.54, 1.807) is 48.5 Å². The molecule has 3 aromatic rings. The molecule has 3 rings (SSSR count). The molecular formula is C24H22F3N3O3. The maximum Gasteiger partial charge on any atom is 0.416 e. The fraction of sp³-hybridized carbons (Fsp3) is 0.167. The van der Waals surface area contributed by atoms with E-state index in [0.29, 0.717) is 22.7 Å². The minimum Gasteiger partial charge on any atom is -0.495 e. The number of aryl methyl sites for hydroxylation is 1. The molecule has 0 aromatic heterocycles. The molecule has 0 bridgehead atoms. The minimum atomic E-state index is -4.47. The van der Waals surface area contributed by atoms with E-state index in [0.717, 1.165) is 6.07 Å². The summed E-state index contributed by atoms with van der Waals surface area (Å²) >= 11 is 0. The summed E-state index contributed by atoms with van der Waals surface area (Å²) in [4.78, 5) is 24.6. The molecule has 3 N–H and O–H groups in total. The lowest BCUT2D eigenvalue weighted by Gasteiger charge is -2.13. The molecule has 0 radical (unpaired) electrons. The lowest BCUT2D eigenvalue weighted by Crippen LogP contribution is -2.22. The lowest BCUT2D eigenvalue weighted by molar-refractivity contribution is -0.138. The third kappa shape index (κ3) is 6.25. The average Bonchev–Trinajstić information content (AvgIpc) is 2.78. The van der Waals surface area contributed by atoms with Gasteiger partial charge in [0, 0.05) is 16.9 Å². The predicted octanol–water partition coefficient (Wildman–Crippen LogP) is 5.33. The van der Waals surface area contributed by atoms with Gasteiger partial charge in [0.2, 0.25) is 5.91 Å². The van der Waals surface area contributed by atoms with Crippen molar-refractivity contribution >= 4 is 28.9 Å². The minimum absolute atomic E-state index is 0.104. The van der Waals surface area contributed by atoms with Gasteiger partial charge in [-0.15, -0.1) is 0 Å². The standard InChI is InChI=1S/C24H22F3N3O3/c1-15-7-10-18(13-19(15)24(25,26)27)28-14-22(31)29-17-11-8-16(9-12-17)23(32)30-20-5-3-4-6-21(20)33-2/h3-13,28H,14H2,1-2H3,(H,29,31)(H,30,32). The fourth-order valence-corrected chi connectivity index (χ4v) is 3.07. The van der Waals surface area contributed by atoms with E-state index < -0.39 is 17.6 Å². The molecule has 2 amide bonds. The van der Waals surface area contributed by atoms with Crippen LogP contribution in [0.15, 0.2) is 66.7 Å². The summed E-state index contributed by atoms with van der Waals surface area (Å²) in [6.07, 6.45) is -4.47. The van der Waals surface area contributed by atoms with Crippen molar-refractivity contribution in [2.45, 2.75) is 13.1 Å². The van der Waals surface area contributed by atoms with Crippen molar-refractivity contribution in [3.8, 4) is 5.75 Å². The van der Waals surface area contributed by atoms with Crippen LogP contribution in [0.5, 0.6) is 5.75 Å². The number of para-hydroxylation sites is 2. The van der Waals surface area contributed by atoms with Gasteiger partial charge in [-0.05, 0) is 61.0 Å².